The fraction of sp³-hybridized carbons (Fsp3) is 0.158. The van der Waals surface area contributed by atoms with Crippen LogP contribution in [0.3, 0.4) is 0 Å². The zero-order valence-corrected chi connectivity index (χ0v) is 16.5. The number of aromatic amines is 1. The summed E-state index contributed by atoms with van der Waals surface area (Å²) in [6.07, 6.45) is 4.81. The van der Waals surface area contributed by atoms with Gasteiger partial charge in [0.25, 0.3) is 5.91 Å². The van der Waals surface area contributed by atoms with Crippen LogP contribution in [0.2, 0.25) is 0 Å². The largest absolute Gasteiger partial charge is 0.367 e. The lowest BCUT2D eigenvalue weighted by atomic mass is 10.2. The maximum Gasteiger partial charge on any atom is 0.352 e. The van der Waals surface area contributed by atoms with Gasteiger partial charge in [-0.05, 0) is 36.2 Å². The first-order valence-electron chi connectivity index (χ1n) is 8.88. The molecule has 4 rings (SSSR count). The third-order valence-corrected chi connectivity index (χ3v) is 5.46. The number of thiazole rings is 1. The maximum atomic E-state index is 13.4. The van der Waals surface area contributed by atoms with Crippen molar-refractivity contribution in [2.24, 2.45) is 0 Å². The van der Waals surface area contributed by atoms with E-state index in [9.17, 15) is 18.4 Å². The Bertz CT molecular complexity index is 1240. The molecule has 0 aliphatic rings. The second-order valence-electron chi connectivity index (χ2n) is 6.53. The number of halogens is 2. The van der Waals surface area contributed by atoms with E-state index in [0.29, 0.717) is 17.1 Å². The van der Waals surface area contributed by atoms with Crippen LogP contribution in [0.5, 0.6) is 0 Å². The highest BCUT2D eigenvalue weighted by atomic mass is 32.1. The average Bonchev–Trinajstić information content (AvgIpc) is 3.41. The molecular weight excluding hydrogens is 414 g/mol. The van der Waals surface area contributed by atoms with Gasteiger partial charge in [0.1, 0.15) is 22.8 Å². The van der Waals surface area contributed by atoms with Crippen LogP contribution in [0.15, 0.2) is 47.8 Å². The van der Waals surface area contributed by atoms with Crippen LogP contribution in [0.4, 0.5) is 8.78 Å². The fourth-order valence-corrected chi connectivity index (χ4v) is 3.83. The molecule has 30 heavy (non-hydrogen) atoms. The Balaban J connectivity index is 1.54. The molecule has 3 heterocycles. The topological polar surface area (TPSA) is 97.6 Å². The van der Waals surface area contributed by atoms with Crippen molar-refractivity contribution in [3.05, 3.63) is 86.8 Å². The Hall–Kier alpha value is -3.60. The molecule has 154 valence electrons. The molecule has 2 N–H and O–H groups in total. The summed E-state index contributed by atoms with van der Waals surface area (Å²) in [4.78, 5) is 32.7. The minimum absolute atomic E-state index is 0.102. The summed E-state index contributed by atoms with van der Waals surface area (Å²) in [5.41, 5.74) is 1.14. The molecule has 1 amide bonds. The van der Waals surface area contributed by atoms with Crippen molar-refractivity contribution >= 4 is 17.2 Å². The van der Waals surface area contributed by atoms with Gasteiger partial charge in [-0.3, -0.25) is 4.79 Å². The molecule has 3 aromatic heterocycles. The number of aryl methyl sites for hydroxylation is 1. The van der Waals surface area contributed by atoms with E-state index in [-0.39, 0.29) is 23.1 Å². The Morgan fingerprint density at radius 2 is 2.00 bits per heavy atom. The second-order valence-corrected chi connectivity index (χ2v) is 7.51. The highest BCUT2D eigenvalue weighted by molar-refractivity contribution is 7.16. The molecule has 4 aromatic rings. The first-order chi connectivity index (χ1) is 14.4. The first-order valence-corrected chi connectivity index (χ1v) is 9.69. The Labute approximate surface area is 172 Å². The fourth-order valence-electron chi connectivity index (χ4n) is 2.88. The number of aromatic nitrogens is 5. The lowest BCUT2D eigenvalue weighted by Gasteiger charge is -2.01. The van der Waals surface area contributed by atoms with Gasteiger partial charge in [0.15, 0.2) is 5.13 Å². The van der Waals surface area contributed by atoms with Gasteiger partial charge >= 0.3 is 5.69 Å². The molecule has 8 nitrogen and oxygen atoms in total. The zero-order chi connectivity index (χ0) is 21.3. The van der Waals surface area contributed by atoms with Crippen LogP contribution in [0.1, 0.15) is 26.5 Å². The standard InChI is InChI=1S/C19H16F2N6O2S/c1-11-16(17(28)23-8-12-2-3-22-7-12)30-18(25-11)26-10-24-27(19(26)29)9-13-4-14(20)6-15(21)5-13/h2-7,10,22H,8-9H2,1H3,(H,23,28). The van der Waals surface area contributed by atoms with Gasteiger partial charge in [-0.25, -0.2) is 27.8 Å². The summed E-state index contributed by atoms with van der Waals surface area (Å²) in [6.45, 7) is 1.93. The van der Waals surface area contributed by atoms with Crippen LogP contribution in [0, 0.1) is 18.6 Å². The molecule has 0 saturated carbocycles. The van der Waals surface area contributed by atoms with E-state index in [1.54, 1.807) is 19.3 Å². The third kappa shape index (κ3) is 4.06. The highest BCUT2D eigenvalue weighted by Crippen LogP contribution is 2.20. The molecule has 1 aromatic carbocycles. The van der Waals surface area contributed by atoms with Crippen LogP contribution in [-0.2, 0) is 13.1 Å². The lowest BCUT2D eigenvalue weighted by molar-refractivity contribution is 0.0954. The molecule has 11 heteroatoms. The smallest absolute Gasteiger partial charge is 0.352 e. The normalized spacial score (nSPS) is 11.0. The van der Waals surface area contributed by atoms with Crippen molar-refractivity contribution in [1.29, 1.82) is 0 Å². The molecule has 0 radical (unpaired) electrons. The van der Waals surface area contributed by atoms with E-state index in [1.165, 1.54) is 10.9 Å². The lowest BCUT2D eigenvalue weighted by Crippen LogP contribution is -2.24. The maximum absolute atomic E-state index is 13.4. The zero-order valence-electron chi connectivity index (χ0n) is 15.7. The van der Waals surface area contributed by atoms with Crippen molar-refractivity contribution in [3.63, 3.8) is 0 Å². The van der Waals surface area contributed by atoms with Crippen LogP contribution < -0.4 is 11.0 Å². The molecule has 0 unspecified atom stereocenters. The van der Waals surface area contributed by atoms with Gasteiger partial charge in [-0.1, -0.05) is 11.3 Å². The number of amides is 1. The molecule has 0 saturated heterocycles. The third-order valence-electron chi connectivity index (χ3n) is 4.30. The Morgan fingerprint density at radius 3 is 2.70 bits per heavy atom. The van der Waals surface area contributed by atoms with E-state index in [0.717, 1.165) is 39.8 Å². The monoisotopic (exact) mass is 430 g/mol. The van der Waals surface area contributed by atoms with Crippen LogP contribution >= 0.6 is 11.3 Å². The van der Waals surface area contributed by atoms with E-state index >= 15 is 0 Å². The number of H-pyrrole nitrogens is 1. The van der Waals surface area contributed by atoms with Gasteiger partial charge in [0, 0.05) is 25.0 Å². The van der Waals surface area contributed by atoms with E-state index in [4.69, 9.17) is 0 Å². The summed E-state index contributed by atoms with van der Waals surface area (Å²) in [5, 5.41) is 7.07. The number of benzene rings is 1. The molecule has 0 spiro atoms. The van der Waals surface area contributed by atoms with Gasteiger partial charge in [-0.2, -0.15) is 5.10 Å². The SMILES string of the molecule is Cc1nc(-n2cnn(Cc3cc(F)cc(F)c3)c2=O)sc1C(=O)NCc1cc[nH]c1. The number of hydrogen-bond donors (Lipinski definition) is 2. The van der Waals surface area contributed by atoms with Crippen molar-refractivity contribution in [3.8, 4) is 5.13 Å². The van der Waals surface area contributed by atoms with Crippen molar-refractivity contribution in [2.75, 3.05) is 0 Å². The molecule has 0 aliphatic carbocycles. The van der Waals surface area contributed by atoms with Crippen LogP contribution in [-0.4, -0.2) is 30.2 Å². The molecular formula is C19H16F2N6O2S. The summed E-state index contributed by atoms with van der Waals surface area (Å²) < 4.78 is 29.0. The van der Waals surface area contributed by atoms with Crippen molar-refractivity contribution < 1.29 is 13.6 Å². The number of hydrogen-bond acceptors (Lipinski definition) is 5. The second kappa shape index (κ2) is 8.03. The Morgan fingerprint density at radius 1 is 1.23 bits per heavy atom. The Kier molecular flexibility index (Phi) is 5.27. The van der Waals surface area contributed by atoms with E-state index in [2.05, 4.69) is 20.4 Å². The summed E-state index contributed by atoms with van der Waals surface area (Å²) in [6, 6.07) is 4.87. The quantitative estimate of drug-likeness (QED) is 0.491. The van der Waals surface area contributed by atoms with Gasteiger partial charge in [0.05, 0.1) is 12.2 Å². The minimum atomic E-state index is -0.733. The predicted octanol–water partition coefficient (Wildman–Crippen LogP) is 2.38. The first kappa shape index (κ1) is 19.7. The summed E-state index contributed by atoms with van der Waals surface area (Å²) in [7, 11) is 0. The van der Waals surface area contributed by atoms with Crippen molar-refractivity contribution in [2.45, 2.75) is 20.0 Å². The van der Waals surface area contributed by atoms with Crippen molar-refractivity contribution in [1.82, 2.24) is 29.6 Å². The predicted molar refractivity (Wildman–Crippen MR) is 106 cm³/mol. The average molecular weight is 430 g/mol. The number of nitrogens with one attached hydrogen (secondary N) is 2. The molecule has 0 atom stereocenters. The number of carbonyl (C=O) groups is 1. The van der Waals surface area contributed by atoms with E-state index < -0.39 is 17.3 Å². The minimum Gasteiger partial charge on any atom is -0.367 e. The molecule has 0 bridgehead atoms. The van der Waals surface area contributed by atoms with Gasteiger partial charge < -0.3 is 10.3 Å². The number of carbonyl (C=O) groups excluding carboxylic acids is 1. The van der Waals surface area contributed by atoms with Gasteiger partial charge in [0.2, 0.25) is 0 Å². The highest BCUT2D eigenvalue weighted by Gasteiger charge is 2.18. The summed E-state index contributed by atoms with van der Waals surface area (Å²) >= 11 is 1.06. The number of rotatable bonds is 6. The van der Waals surface area contributed by atoms with Crippen LogP contribution in [0.25, 0.3) is 5.13 Å². The molecule has 0 aliphatic heterocycles. The van der Waals surface area contributed by atoms with E-state index in [1.807, 2.05) is 6.07 Å². The molecule has 0 fully saturated rings. The number of nitrogens with zero attached hydrogens (tertiary/aromatic N) is 4. The summed E-state index contributed by atoms with van der Waals surface area (Å²) in [5.74, 6) is -1.76. The van der Waals surface area contributed by atoms with Gasteiger partial charge in [-0.15, -0.1) is 0 Å².